The van der Waals surface area contributed by atoms with E-state index in [1.807, 2.05) is 31.4 Å². The smallest absolute Gasteiger partial charge is 0.332 e. The van der Waals surface area contributed by atoms with Crippen LogP contribution in [0.4, 0.5) is 10.5 Å². The molecule has 0 saturated carbocycles. The maximum atomic E-state index is 11.0. The van der Waals surface area contributed by atoms with Gasteiger partial charge in [-0.15, -0.1) is 0 Å². The van der Waals surface area contributed by atoms with Crippen LogP contribution in [0.25, 0.3) is 5.69 Å². The number of benzene rings is 1. The minimum atomic E-state index is -0.746. The molecule has 1 aromatic heterocycles. The molecular weight excluding hydrogens is 298 g/mol. The van der Waals surface area contributed by atoms with Crippen molar-refractivity contribution in [3.8, 4) is 5.69 Å². The molecular formula is C15H17N5O3. The largest absolute Gasteiger partial charge is 0.350 e. The fourth-order valence-electron chi connectivity index (χ4n) is 2.41. The minimum absolute atomic E-state index is 0.0312. The third kappa shape index (κ3) is 3.37. The summed E-state index contributed by atoms with van der Waals surface area (Å²) in [6.07, 6.45) is 1.48. The first-order valence-corrected chi connectivity index (χ1v) is 6.84. The standard InChI is InChI=1S/C15H17N5O3/c1-9-4-5-13(20(22)23)7-14(9)19-10(2)6-12(11(19)3)8-17-18-15(16)21/h4-8H,1-3H3,(H3,16,18,21)/b17-8-. The van der Waals surface area contributed by atoms with Gasteiger partial charge in [0.15, 0.2) is 0 Å². The van der Waals surface area contributed by atoms with E-state index in [1.54, 1.807) is 6.07 Å². The molecule has 1 aromatic carbocycles. The molecule has 23 heavy (non-hydrogen) atoms. The third-order valence-corrected chi connectivity index (χ3v) is 3.49. The molecule has 2 amide bonds. The van der Waals surface area contributed by atoms with Crippen LogP contribution in [0.5, 0.6) is 0 Å². The number of urea groups is 1. The summed E-state index contributed by atoms with van der Waals surface area (Å²) in [5, 5.41) is 14.7. The summed E-state index contributed by atoms with van der Waals surface area (Å²) >= 11 is 0. The average Bonchev–Trinajstić information content (AvgIpc) is 2.74. The van der Waals surface area contributed by atoms with Gasteiger partial charge in [-0.05, 0) is 32.4 Å². The first-order chi connectivity index (χ1) is 10.8. The summed E-state index contributed by atoms with van der Waals surface area (Å²) in [6.45, 7) is 5.65. The van der Waals surface area contributed by atoms with Crippen molar-refractivity contribution in [1.29, 1.82) is 0 Å². The van der Waals surface area contributed by atoms with Crippen LogP contribution in [-0.4, -0.2) is 21.7 Å². The van der Waals surface area contributed by atoms with E-state index in [4.69, 9.17) is 5.73 Å². The lowest BCUT2D eigenvalue weighted by molar-refractivity contribution is -0.384. The molecule has 0 aliphatic carbocycles. The summed E-state index contributed by atoms with van der Waals surface area (Å²) in [5.74, 6) is 0. The number of carbonyl (C=O) groups excluding carboxylic acids is 1. The molecule has 0 fully saturated rings. The van der Waals surface area contributed by atoms with Crippen LogP contribution in [0.3, 0.4) is 0 Å². The number of amides is 2. The molecule has 2 rings (SSSR count). The quantitative estimate of drug-likeness (QED) is 0.512. The first kappa shape index (κ1) is 16.2. The second kappa shape index (κ2) is 6.30. The number of carbonyl (C=O) groups is 1. The Balaban J connectivity index is 2.51. The Labute approximate surface area is 132 Å². The van der Waals surface area contributed by atoms with Crippen LogP contribution in [0.15, 0.2) is 29.4 Å². The molecule has 1 heterocycles. The molecule has 120 valence electrons. The zero-order chi connectivity index (χ0) is 17.1. The second-order valence-corrected chi connectivity index (χ2v) is 5.12. The van der Waals surface area contributed by atoms with Crippen LogP contribution < -0.4 is 11.2 Å². The van der Waals surface area contributed by atoms with Crippen molar-refractivity contribution in [3.05, 3.63) is 56.9 Å². The molecule has 0 spiro atoms. The van der Waals surface area contributed by atoms with Gasteiger partial charge >= 0.3 is 6.03 Å². The van der Waals surface area contributed by atoms with Crippen LogP contribution in [0, 0.1) is 30.9 Å². The number of non-ortho nitro benzene ring substituents is 1. The fraction of sp³-hybridized carbons (Fsp3) is 0.200. The number of nitro groups is 1. The number of aromatic nitrogens is 1. The summed E-state index contributed by atoms with van der Waals surface area (Å²) in [6, 6.07) is 5.86. The van der Waals surface area contributed by atoms with E-state index in [1.165, 1.54) is 18.3 Å². The van der Waals surface area contributed by atoms with E-state index in [2.05, 4.69) is 10.5 Å². The Bertz CT molecular complexity index is 808. The molecule has 8 heteroatoms. The highest BCUT2D eigenvalue weighted by Crippen LogP contribution is 2.26. The lowest BCUT2D eigenvalue weighted by atomic mass is 10.1. The van der Waals surface area contributed by atoms with Gasteiger partial charge in [-0.1, -0.05) is 6.07 Å². The molecule has 0 atom stereocenters. The maximum Gasteiger partial charge on any atom is 0.332 e. The van der Waals surface area contributed by atoms with Crippen LogP contribution in [0.2, 0.25) is 0 Å². The third-order valence-electron chi connectivity index (χ3n) is 3.49. The van der Waals surface area contributed by atoms with Crippen molar-refractivity contribution in [2.24, 2.45) is 10.8 Å². The van der Waals surface area contributed by atoms with Gasteiger partial charge in [0.25, 0.3) is 5.69 Å². The molecule has 8 nitrogen and oxygen atoms in total. The highest BCUT2D eigenvalue weighted by molar-refractivity contribution is 5.83. The van der Waals surface area contributed by atoms with Gasteiger partial charge in [0, 0.05) is 29.1 Å². The van der Waals surface area contributed by atoms with Crippen molar-refractivity contribution in [1.82, 2.24) is 9.99 Å². The highest BCUT2D eigenvalue weighted by Gasteiger charge is 2.15. The lowest BCUT2D eigenvalue weighted by Gasteiger charge is -2.12. The monoisotopic (exact) mass is 315 g/mol. The molecule has 0 aliphatic rings. The van der Waals surface area contributed by atoms with Crippen LogP contribution in [0.1, 0.15) is 22.5 Å². The number of primary amides is 1. The number of hydrogen-bond donors (Lipinski definition) is 2. The molecule has 0 radical (unpaired) electrons. The topological polar surface area (TPSA) is 116 Å². The van der Waals surface area contributed by atoms with E-state index in [0.717, 1.165) is 28.2 Å². The maximum absolute atomic E-state index is 11.0. The summed E-state index contributed by atoms with van der Waals surface area (Å²) in [4.78, 5) is 21.2. The predicted octanol–water partition coefficient (Wildman–Crippen LogP) is 2.31. The predicted molar refractivity (Wildman–Crippen MR) is 86.9 cm³/mol. The Morgan fingerprint density at radius 1 is 1.35 bits per heavy atom. The molecule has 0 saturated heterocycles. The van der Waals surface area contributed by atoms with Crippen molar-refractivity contribution in [2.45, 2.75) is 20.8 Å². The van der Waals surface area contributed by atoms with Gasteiger partial charge in [-0.2, -0.15) is 5.10 Å². The Morgan fingerprint density at radius 2 is 2.04 bits per heavy atom. The number of rotatable bonds is 4. The van der Waals surface area contributed by atoms with Crippen molar-refractivity contribution < 1.29 is 9.72 Å². The zero-order valence-corrected chi connectivity index (χ0v) is 13.0. The molecule has 2 aromatic rings. The summed E-state index contributed by atoms with van der Waals surface area (Å²) in [5.41, 5.74) is 11.3. The second-order valence-electron chi connectivity index (χ2n) is 5.12. The molecule has 0 unspecified atom stereocenters. The zero-order valence-electron chi connectivity index (χ0n) is 13.0. The van der Waals surface area contributed by atoms with E-state index in [9.17, 15) is 14.9 Å². The van der Waals surface area contributed by atoms with E-state index in [-0.39, 0.29) is 5.69 Å². The highest BCUT2D eigenvalue weighted by atomic mass is 16.6. The number of nitrogens with one attached hydrogen (secondary N) is 1. The van der Waals surface area contributed by atoms with E-state index in [0.29, 0.717) is 0 Å². The lowest BCUT2D eigenvalue weighted by Crippen LogP contribution is -2.24. The molecule has 0 aliphatic heterocycles. The van der Waals surface area contributed by atoms with Gasteiger partial charge in [-0.3, -0.25) is 10.1 Å². The molecule has 3 N–H and O–H groups in total. The number of nitro benzene ring substituents is 1. The SMILES string of the molecule is Cc1ccc([N+](=O)[O-])cc1-n1c(C)cc(/C=N\NC(N)=O)c1C. The fourth-order valence-corrected chi connectivity index (χ4v) is 2.41. The number of nitrogens with zero attached hydrogens (tertiary/aromatic N) is 3. The van der Waals surface area contributed by atoms with E-state index < -0.39 is 11.0 Å². The van der Waals surface area contributed by atoms with Crippen molar-refractivity contribution >= 4 is 17.9 Å². The Kier molecular flexibility index (Phi) is 4.44. The Morgan fingerprint density at radius 3 is 2.65 bits per heavy atom. The number of aryl methyl sites for hydroxylation is 2. The van der Waals surface area contributed by atoms with Crippen molar-refractivity contribution in [3.63, 3.8) is 0 Å². The minimum Gasteiger partial charge on any atom is -0.350 e. The van der Waals surface area contributed by atoms with Crippen LogP contribution >= 0.6 is 0 Å². The van der Waals surface area contributed by atoms with Crippen molar-refractivity contribution in [2.75, 3.05) is 0 Å². The van der Waals surface area contributed by atoms with Gasteiger partial charge < -0.3 is 10.3 Å². The number of hydrazone groups is 1. The summed E-state index contributed by atoms with van der Waals surface area (Å²) < 4.78 is 1.91. The van der Waals surface area contributed by atoms with Gasteiger partial charge in [-0.25, -0.2) is 10.2 Å². The average molecular weight is 315 g/mol. The number of nitrogens with two attached hydrogens (primary N) is 1. The van der Waals surface area contributed by atoms with Gasteiger partial charge in [0.2, 0.25) is 0 Å². The van der Waals surface area contributed by atoms with E-state index >= 15 is 0 Å². The normalized spacial score (nSPS) is 10.9. The van der Waals surface area contributed by atoms with Gasteiger partial charge in [0.05, 0.1) is 16.8 Å². The number of hydrogen-bond acceptors (Lipinski definition) is 4. The first-order valence-electron chi connectivity index (χ1n) is 6.84. The molecule has 0 bridgehead atoms. The van der Waals surface area contributed by atoms with Gasteiger partial charge in [0.1, 0.15) is 0 Å². The summed E-state index contributed by atoms with van der Waals surface area (Å²) in [7, 11) is 0. The van der Waals surface area contributed by atoms with Crippen LogP contribution in [-0.2, 0) is 0 Å². The Hall–Kier alpha value is -3.16.